The summed E-state index contributed by atoms with van der Waals surface area (Å²) in [6.07, 6.45) is 10.6. The van der Waals surface area contributed by atoms with E-state index in [1.165, 1.54) is 25.3 Å². The summed E-state index contributed by atoms with van der Waals surface area (Å²) < 4.78 is 6.27. The molecule has 3 fully saturated rings. The number of nitrogens with zero attached hydrogens (tertiary/aromatic N) is 2. The van der Waals surface area contributed by atoms with Gasteiger partial charge in [-0.2, -0.15) is 0 Å². The number of nitrogens with one attached hydrogen (secondary N) is 1. The minimum atomic E-state index is -0.381. The molecular formula is C21H29N3O4. The van der Waals surface area contributed by atoms with E-state index in [-0.39, 0.29) is 28.7 Å². The molecule has 7 heteroatoms. The Labute approximate surface area is 165 Å². The predicted octanol–water partition coefficient (Wildman–Crippen LogP) is 3.81. The van der Waals surface area contributed by atoms with Crippen LogP contribution in [-0.4, -0.2) is 42.2 Å². The van der Waals surface area contributed by atoms with Gasteiger partial charge in [0.15, 0.2) is 0 Å². The monoisotopic (exact) mass is 387 g/mol. The first-order valence-corrected chi connectivity index (χ1v) is 10.6. The van der Waals surface area contributed by atoms with E-state index >= 15 is 0 Å². The first kappa shape index (κ1) is 19.2. The van der Waals surface area contributed by atoms with Crippen LogP contribution in [0.4, 0.5) is 11.4 Å². The summed E-state index contributed by atoms with van der Waals surface area (Å²) >= 11 is 0. The summed E-state index contributed by atoms with van der Waals surface area (Å²) in [5.74, 6) is -0.225. The number of ether oxygens (including phenoxy) is 1. The maximum Gasteiger partial charge on any atom is 0.293 e. The Morgan fingerprint density at radius 3 is 2.36 bits per heavy atom. The number of piperidine rings is 1. The van der Waals surface area contributed by atoms with Gasteiger partial charge in [0.1, 0.15) is 5.69 Å². The fourth-order valence-electron chi connectivity index (χ4n) is 4.28. The molecule has 3 aliphatic rings. The molecule has 1 aliphatic heterocycles. The van der Waals surface area contributed by atoms with Crippen LogP contribution >= 0.6 is 0 Å². The SMILES string of the molecule is O=C(NC1CC1)c1ccc(N2CCC(OC3CCCCC3)CC2)c([N+](=O)[O-])c1. The molecule has 2 saturated carbocycles. The van der Waals surface area contributed by atoms with Gasteiger partial charge in [-0.1, -0.05) is 19.3 Å². The van der Waals surface area contributed by atoms with Gasteiger partial charge in [0.2, 0.25) is 0 Å². The summed E-state index contributed by atoms with van der Waals surface area (Å²) in [7, 11) is 0. The normalized spacial score (nSPS) is 21.5. The Balaban J connectivity index is 1.39. The molecule has 1 heterocycles. The highest BCUT2D eigenvalue weighted by Crippen LogP contribution is 2.33. The Morgan fingerprint density at radius 2 is 1.71 bits per heavy atom. The standard InChI is InChI=1S/C21H29N3O4/c25-21(22-16-7-8-16)15-6-9-19(20(14-15)24(26)27)23-12-10-18(11-13-23)28-17-4-2-1-3-5-17/h6,9,14,16-18H,1-5,7-8,10-13H2,(H,22,25). The van der Waals surface area contributed by atoms with E-state index in [0.29, 0.717) is 17.4 Å². The smallest absolute Gasteiger partial charge is 0.293 e. The second-order valence-electron chi connectivity index (χ2n) is 8.29. The van der Waals surface area contributed by atoms with Crippen molar-refractivity contribution in [2.45, 2.75) is 76.0 Å². The van der Waals surface area contributed by atoms with Crippen LogP contribution in [0.2, 0.25) is 0 Å². The number of benzene rings is 1. The first-order valence-electron chi connectivity index (χ1n) is 10.6. The van der Waals surface area contributed by atoms with Crippen LogP contribution in [0.5, 0.6) is 0 Å². The molecule has 1 amide bonds. The highest BCUT2D eigenvalue weighted by atomic mass is 16.6. The van der Waals surface area contributed by atoms with Crippen molar-refractivity contribution in [2.75, 3.05) is 18.0 Å². The van der Waals surface area contributed by atoms with Gasteiger partial charge in [-0.25, -0.2) is 0 Å². The molecule has 2 aliphatic carbocycles. The Bertz CT molecular complexity index is 720. The van der Waals surface area contributed by atoms with Gasteiger partial charge in [-0.15, -0.1) is 0 Å². The van der Waals surface area contributed by atoms with E-state index in [4.69, 9.17) is 4.74 Å². The molecule has 1 aromatic carbocycles. The van der Waals surface area contributed by atoms with Crippen LogP contribution in [0.15, 0.2) is 18.2 Å². The van der Waals surface area contributed by atoms with Crippen LogP contribution in [-0.2, 0) is 4.74 Å². The summed E-state index contributed by atoms with van der Waals surface area (Å²) in [5.41, 5.74) is 0.969. The summed E-state index contributed by atoms with van der Waals surface area (Å²) in [5, 5.41) is 14.5. The van der Waals surface area contributed by atoms with E-state index in [1.54, 1.807) is 12.1 Å². The quantitative estimate of drug-likeness (QED) is 0.593. The van der Waals surface area contributed by atoms with E-state index in [1.807, 2.05) is 0 Å². The summed E-state index contributed by atoms with van der Waals surface area (Å²) in [6, 6.07) is 5.07. The van der Waals surface area contributed by atoms with Gasteiger partial charge in [0.25, 0.3) is 11.6 Å². The second kappa shape index (κ2) is 8.47. The summed E-state index contributed by atoms with van der Waals surface area (Å²) in [4.78, 5) is 25.5. The van der Waals surface area contributed by atoms with Crippen molar-refractivity contribution >= 4 is 17.3 Å². The lowest BCUT2D eigenvalue weighted by Gasteiger charge is -2.35. The van der Waals surface area contributed by atoms with Gasteiger partial charge in [0, 0.05) is 30.8 Å². The molecule has 0 aromatic heterocycles. The van der Waals surface area contributed by atoms with Crippen molar-refractivity contribution < 1.29 is 14.5 Å². The Hall–Kier alpha value is -2.15. The van der Waals surface area contributed by atoms with Gasteiger partial charge in [0.05, 0.1) is 17.1 Å². The third-order valence-corrected chi connectivity index (χ3v) is 6.07. The van der Waals surface area contributed by atoms with E-state index in [9.17, 15) is 14.9 Å². The third-order valence-electron chi connectivity index (χ3n) is 6.07. The molecule has 1 aromatic rings. The van der Waals surface area contributed by atoms with Crippen LogP contribution in [0.3, 0.4) is 0 Å². The zero-order valence-corrected chi connectivity index (χ0v) is 16.3. The molecule has 0 unspecified atom stereocenters. The fraction of sp³-hybridized carbons (Fsp3) is 0.667. The highest BCUT2D eigenvalue weighted by molar-refractivity contribution is 5.96. The second-order valence-corrected chi connectivity index (χ2v) is 8.29. The van der Waals surface area contributed by atoms with Crippen LogP contribution in [0, 0.1) is 10.1 Å². The number of nitro benzene ring substituents is 1. The van der Waals surface area contributed by atoms with Gasteiger partial charge < -0.3 is 15.0 Å². The Kier molecular flexibility index (Phi) is 5.80. The van der Waals surface area contributed by atoms with Crippen molar-refractivity contribution in [3.63, 3.8) is 0 Å². The minimum Gasteiger partial charge on any atom is -0.375 e. The third kappa shape index (κ3) is 4.63. The van der Waals surface area contributed by atoms with Crippen molar-refractivity contribution in [2.24, 2.45) is 0 Å². The highest BCUT2D eigenvalue weighted by Gasteiger charge is 2.29. The van der Waals surface area contributed by atoms with E-state index in [2.05, 4.69) is 10.2 Å². The number of carbonyl (C=O) groups is 1. The minimum absolute atomic E-state index is 0.00935. The molecule has 152 valence electrons. The zero-order chi connectivity index (χ0) is 19.5. The largest absolute Gasteiger partial charge is 0.375 e. The van der Waals surface area contributed by atoms with Gasteiger partial charge >= 0.3 is 0 Å². The lowest BCUT2D eigenvalue weighted by Crippen LogP contribution is -2.39. The molecule has 0 bridgehead atoms. The summed E-state index contributed by atoms with van der Waals surface area (Å²) in [6.45, 7) is 1.48. The van der Waals surface area contributed by atoms with Crippen molar-refractivity contribution in [3.8, 4) is 0 Å². The molecule has 7 nitrogen and oxygen atoms in total. The lowest BCUT2D eigenvalue weighted by atomic mass is 9.97. The van der Waals surface area contributed by atoms with Gasteiger partial charge in [-0.3, -0.25) is 14.9 Å². The van der Waals surface area contributed by atoms with Crippen molar-refractivity contribution in [3.05, 3.63) is 33.9 Å². The molecule has 4 rings (SSSR count). The maximum absolute atomic E-state index is 12.2. The first-order chi connectivity index (χ1) is 13.6. The molecule has 1 N–H and O–H groups in total. The molecular weight excluding hydrogens is 358 g/mol. The number of hydrogen-bond donors (Lipinski definition) is 1. The van der Waals surface area contributed by atoms with Crippen LogP contribution in [0.25, 0.3) is 0 Å². The fourth-order valence-corrected chi connectivity index (χ4v) is 4.28. The number of hydrogen-bond acceptors (Lipinski definition) is 5. The van der Waals surface area contributed by atoms with Crippen LogP contribution < -0.4 is 10.2 Å². The molecule has 0 radical (unpaired) electrons. The maximum atomic E-state index is 12.2. The van der Waals surface area contributed by atoms with E-state index in [0.717, 1.165) is 51.6 Å². The van der Waals surface area contributed by atoms with Gasteiger partial charge in [-0.05, 0) is 50.7 Å². The average molecular weight is 387 g/mol. The molecule has 1 saturated heterocycles. The zero-order valence-electron chi connectivity index (χ0n) is 16.3. The predicted molar refractivity (Wildman–Crippen MR) is 107 cm³/mol. The number of carbonyl (C=O) groups excluding carboxylic acids is 1. The molecule has 0 atom stereocenters. The number of nitro groups is 1. The lowest BCUT2D eigenvalue weighted by molar-refractivity contribution is -0.384. The number of rotatable bonds is 6. The van der Waals surface area contributed by atoms with Crippen molar-refractivity contribution in [1.82, 2.24) is 5.32 Å². The Morgan fingerprint density at radius 1 is 1.04 bits per heavy atom. The average Bonchev–Trinajstić information content (AvgIpc) is 3.53. The van der Waals surface area contributed by atoms with Crippen LogP contribution in [0.1, 0.15) is 68.1 Å². The number of anilines is 1. The topological polar surface area (TPSA) is 84.7 Å². The molecule has 0 spiro atoms. The van der Waals surface area contributed by atoms with Crippen molar-refractivity contribution in [1.29, 1.82) is 0 Å². The molecule has 28 heavy (non-hydrogen) atoms. The van der Waals surface area contributed by atoms with E-state index < -0.39 is 0 Å². The number of amides is 1.